The van der Waals surface area contributed by atoms with E-state index in [1.807, 2.05) is 6.92 Å². The third-order valence-electron chi connectivity index (χ3n) is 6.15. The smallest absolute Gasteiger partial charge is 0.193 e. The second kappa shape index (κ2) is 3.73. The van der Waals surface area contributed by atoms with Gasteiger partial charge in [0.25, 0.3) is 0 Å². The summed E-state index contributed by atoms with van der Waals surface area (Å²) < 4.78 is 18.3. The fourth-order valence-electron chi connectivity index (χ4n) is 5.15. The van der Waals surface area contributed by atoms with E-state index in [9.17, 15) is 5.11 Å². The van der Waals surface area contributed by atoms with E-state index in [4.69, 9.17) is 14.2 Å². The predicted octanol–water partition coefficient (Wildman–Crippen LogP) is 2.26. The summed E-state index contributed by atoms with van der Waals surface area (Å²) >= 11 is 0. The van der Waals surface area contributed by atoms with Crippen LogP contribution in [0.15, 0.2) is 0 Å². The van der Waals surface area contributed by atoms with Crippen molar-refractivity contribution in [2.45, 2.75) is 70.4 Å². The van der Waals surface area contributed by atoms with Crippen LogP contribution < -0.4 is 0 Å². The summed E-state index contributed by atoms with van der Waals surface area (Å²) in [5, 5.41) is 10.1. The Labute approximate surface area is 114 Å². The summed E-state index contributed by atoms with van der Waals surface area (Å²) in [6, 6.07) is 0. The molecule has 8 atom stereocenters. The Hall–Kier alpha value is -0.160. The molecule has 4 nitrogen and oxygen atoms in total. The topological polar surface area (TPSA) is 47.9 Å². The van der Waals surface area contributed by atoms with Gasteiger partial charge in [0, 0.05) is 18.3 Å². The summed E-state index contributed by atoms with van der Waals surface area (Å²) in [5.41, 5.74) is -0.316. The average molecular weight is 268 g/mol. The lowest BCUT2D eigenvalue weighted by molar-refractivity contribution is -0.326. The van der Waals surface area contributed by atoms with Crippen LogP contribution in [0.25, 0.3) is 0 Å². The van der Waals surface area contributed by atoms with E-state index in [2.05, 4.69) is 13.8 Å². The summed E-state index contributed by atoms with van der Waals surface area (Å²) in [7, 11) is 0. The van der Waals surface area contributed by atoms with Gasteiger partial charge in [-0.3, -0.25) is 0 Å². The van der Waals surface area contributed by atoms with Crippen LogP contribution in [0.5, 0.6) is 0 Å². The van der Waals surface area contributed by atoms with Gasteiger partial charge in [0.05, 0.1) is 0 Å². The van der Waals surface area contributed by atoms with Gasteiger partial charge in [-0.25, -0.2) is 0 Å². The van der Waals surface area contributed by atoms with E-state index in [1.165, 1.54) is 6.42 Å². The molecular weight excluding hydrogens is 244 g/mol. The van der Waals surface area contributed by atoms with Gasteiger partial charge < -0.3 is 19.3 Å². The third kappa shape index (κ3) is 1.44. The zero-order valence-corrected chi connectivity index (χ0v) is 12.0. The van der Waals surface area contributed by atoms with Gasteiger partial charge in [-0.1, -0.05) is 13.8 Å². The number of rotatable bonds is 0. The van der Waals surface area contributed by atoms with Crippen molar-refractivity contribution < 1.29 is 19.3 Å². The number of hydrogen-bond donors (Lipinski definition) is 1. The Kier molecular flexibility index (Phi) is 2.47. The van der Waals surface area contributed by atoms with Crippen molar-refractivity contribution in [3.63, 3.8) is 0 Å². The SMILES string of the molecule is C[C@@H]1CC[C@H]2[C@H](C)C(O)O[C@@H]3O[C@@]4(C)CC[C@@H]1[C@]32O4. The Morgan fingerprint density at radius 3 is 2.68 bits per heavy atom. The molecule has 3 aliphatic heterocycles. The molecular formula is C15H24O4. The Balaban J connectivity index is 1.81. The van der Waals surface area contributed by atoms with Gasteiger partial charge in [0.1, 0.15) is 5.60 Å². The van der Waals surface area contributed by atoms with Crippen LogP contribution in [0.1, 0.15) is 46.5 Å². The molecule has 1 aliphatic carbocycles. The molecule has 3 heterocycles. The molecule has 1 unspecified atom stereocenters. The van der Waals surface area contributed by atoms with Gasteiger partial charge in [-0.05, 0) is 38.0 Å². The molecule has 1 spiro atoms. The molecule has 3 saturated heterocycles. The lowest BCUT2D eigenvalue weighted by Gasteiger charge is -2.57. The van der Waals surface area contributed by atoms with Crippen LogP contribution in [0.3, 0.4) is 0 Å². The van der Waals surface area contributed by atoms with Crippen molar-refractivity contribution in [2.75, 3.05) is 0 Å². The monoisotopic (exact) mass is 268 g/mol. The fourth-order valence-corrected chi connectivity index (χ4v) is 5.15. The van der Waals surface area contributed by atoms with Crippen LogP contribution in [0.2, 0.25) is 0 Å². The standard InChI is InChI=1S/C15H24O4/c1-8-4-5-11-9(2)12(16)17-13-15(11)10(8)6-7-14(3,18-13)19-15/h8-13,16H,4-7H2,1-3H3/t8-,9+,10+,11+,12?,13-,14-,15-/m1/s1. The Morgan fingerprint density at radius 1 is 1.11 bits per heavy atom. The largest absolute Gasteiger partial charge is 0.368 e. The first-order valence-corrected chi connectivity index (χ1v) is 7.68. The van der Waals surface area contributed by atoms with Gasteiger partial charge >= 0.3 is 0 Å². The van der Waals surface area contributed by atoms with Crippen molar-refractivity contribution in [1.82, 2.24) is 0 Å². The van der Waals surface area contributed by atoms with Crippen molar-refractivity contribution in [2.24, 2.45) is 23.7 Å². The van der Waals surface area contributed by atoms with Crippen molar-refractivity contribution >= 4 is 0 Å². The van der Waals surface area contributed by atoms with Crippen LogP contribution in [0, 0.1) is 23.7 Å². The molecule has 19 heavy (non-hydrogen) atoms. The van der Waals surface area contributed by atoms with E-state index in [-0.39, 0.29) is 17.8 Å². The minimum Gasteiger partial charge on any atom is -0.368 e. The number of fused-ring (bicyclic) bond motifs is 1. The molecule has 0 amide bonds. The first kappa shape index (κ1) is 12.6. The highest BCUT2D eigenvalue weighted by molar-refractivity contribution is 5.12. The molecule has 1 saturated carbocycles. The van der Waals surface area contributed by atoms with E-state index in [1.54, 1.807) is 0 Å². The quantitative estimate of drug-likeness (QED) is 0.732. The molecule has 0 aromatic carbocycles. The molecule has 0 aromatic heterocycles. The van der Waals surface area contributed by atoms with E-state index in [0.29, 0.717) is 17.8 Å². The van der Waals surface area contributed by atoms with E-state index >= 15 is 0 Å². The Morgan fingerprint density at radius 2 is 1.89 bits per heavy atom. The molecule has 4 fully saturated rings. The normalized spacial score (nSPS) is 63.8. The molecule has 2 bridgehead atoms. The second-order valence-electron chi connectivity index (χ2n) is 7.23. The minimum absolute atomic E-state index is 0.121. The maximum atomic E-state index is 10.1. The summed E-state index contributed by atoms with van der Waals surface area (Å²) in [4.78, 5) is 0. The second-order valence-corrected chi connectivity index (χ2v) is 7.23. The summed E-state index contributed by atoms with van der Waals surface area (Å²) in [6.07, 6.45) is 3.30. The highest BCUT2D eigenvalue weighted by Crippen LogP contribution is 2.63. The van der Waals surface area contributed by atoms with Gasteiger partial charge in [0.15, 0.2) is 18.4 Å². The lowest BCUT2D eigenvalue weighted by atomic mass is 9.57. The van der Waals surface area contributed by atoms with Crippen molar-refractivity contribution in [3.05, 3.63) is 0 Å². The van der Waals surface area contributed by atoms with Gasteiger partial charge in [-0.2, -0.15) is 0 Å². The summed E-state index contributed by atoms with van der Waals surface area (Å²) in [5.74, 6) is 1.11. The molecule has 0 radical (unpaired) electrons. The number of hydrogen-bond acceptors (Lipinski definition) is 4. The lowest BCUT2D eigenvalue weighted by Crippen LogP contribution is -2.66. The Bertz CT molecular complexity index is 400. The maximum Gasteiger partial charge on any atom is 0.193 e. The molecule has 4 aliphatic rings. The van der Waals surface area contributed by atoms with Crippen molar-refractivity contribution in [3.8, 4) is 0 Å². The molecule has 1 N–H and O–H groups in total. The first-order valence-electron chi connectivity index (χ1n) is 7.68. The van der Waals surface area contributed by atoms with Crippen LogP contribution in [-0.4, -0.2) is 29.1 Å². The molecule has 4 heteroatoms. The van der Waals surface area contributed by atoms with Crippen LogP contribution in [0.4, 0.5) is 0 Å². The summed E-state index contributed by atoms with van der Waals surface area (Å²) in [6.45, 7) is 6.43. The van der Waals surface area contributed by atoms with E-state index in [0.717, 1.165) is 19.3 Å². The average Bonchev–Trinajstić information content (AvgIpc) is 2.56. The zero-order chi connectivity index (χ0) is 13.4. The number of aliphatic hydroxyl groups excluding tert-OH is 1. The van der Waals surface area contributed by atoms with E-state index < -0.39 is 12.1 Å². The van der Waals surface area contributed by atoms with Crippen LogP contribution >= 0.6 is 0 Å². The van der Waals surface area contributed by atoms with Crippen molar-refractivity contribution in [1.29, 1.82) is 0 Å². The zero-order valence-electron chi connectivity index (χ0n) is 12.0. The minimum atomic E-state index is -0.721. The number of ether oxygens (including phenoxy) is 3. The third-order valence-corrected chi connectivity index (χ3v) is 6.15. The molecule has 0 aromatic rings. The number of aliphatic hydroxyl groups is 1. The fraction of sp³-hybridized carbons (Fsp3) is 1.00. The highest BCUT2D eigenvalue weighted by atomic mass is 16.9. The molecule has 108 valence electrons. The first-order chi connectivity index (χ1) is 8.96. The van der Waals surface area contributed by atoms with Gasteiger partial charge in [0.2, 0.25) is 0 Å². The molecule has 4 rings (SSSR count). The maximum absolute atomic E-state index is 10.1. The van der Waals surface area contributed by atoms with Crippen LogP contribution in [-0.2, 0) is 14.2 Å². The van der Waals surface area contributed by atoms with Gasteiger partial charge in [-0.15, -0.1) is 0 Å². The predicted molar refractivity (Wildman–Crippen MR) is 68.0 cm³/mol. The highest BCUT2D eigenvalue weighted by Gasteiger charge is 2.71.